The van der Waals surface area contributed by atoms with E-state index in [0.29, 0.717) is 6.61 Å². The van der Waals surface area contributed by atoms with Gasteiger partial charge in [0.15, 0.2) is 0 Å². The summed E-state index contributed by atoms with van der Waals surface area (Å²) < 4.78 is 24.5. The van der Waals surface area contributed by atoms with E-state index in [1.165, 1.54) is 17.7 Å². The third-order valence-electron chi connectivity index (χ3n) is 3.84. The van der Waals surface area contributed by atoms with Crippen molar-refractivity contribution < 1.29 is 13.5 Å². The molecule has 3 rings (SSSR count). The Hall–Kier alpha value is -2.60. The van der Waals surface area contributed by atoms with Crippen LogP contribution in [0.25, 0.3) is 5.69 Å². The van der Waals surface area contributed by atoms with Gasteiger partial charge in [-0.15, -0.1) is 0 Å². The largest absolute Gasteiger partial charge is 0.449 e. The minimum Gasteiger partial charge on any atom is -0.449 e. The van der Waals surface area contributed by atoms with Crippen molar-refractivity contribution >= 4 is 11.6 Å². The van der Waals surface area contributed by atoms with Crippen molar-refractivity contribution in [3.8, 4) is 11.8 Å². The van der Waals surface area contributed by atoms with E-state index in [-0.39, 0.29) is 16.8 Å². The summed E-state index contributed by atoms with van der Waals surface area (Å²) >= 11 is 5.98. The van der Waals surface area contributed by atoms with Gasteiger partial charge in [-0.1, -0.05) is 47.0 Å². The van der Waals surface area contributed by atoms with Crippen LogP contribution in [0.5, 0.6) is 6.08 Å². The highest BCUT2D eigenvalue weighted by molar-refractivity contribution is 6.32. The Morgan fingerprint density at radius 3 is 2.73 bits per heavy atom. The Balaban J connectivity index is 1.49. The van der Waals surface area contributed by atoms with Crippen LogP contribution in [0, 0.1) is 5.82 Å². The van der Waals surface area contributed by atoms with Gasteiger partial charge >= 0.3 is 11.8 Å². The first-order chi connectivity index (χ1) is 12.6. The van der Waals surface area contributed by atoms with E-state index in [0.717, 1.165) is 36.4 Å². The molecule has 0 unspecified atom stereocenters. The third-order valence-corrected chi connectivity index (χ3v) is 4.16. The Labute approximate surface area is 155 Å². The number of nitrogens with zero attached hydrogens (tertiary/aromatic N) is 2. The summed E-state index contributed by atoms with van der Waals surface area (Å²) in [5.74, 6) is -1.31. The highest BCUT2D eigenvalue weighted by Gasteiger charge is 2.14. The van der Waals surface area contributed by atoms with Crippen molar-refractivity contribution in [3.05, 3.63) is 75.5 Å². The SMILES string of the molecule is O=c1oc(OCCCCCc2ccccc2)nn1-c1cc(F)ccc1Cl. The van der Waals surface area contributed by atoms with Crippen molar-refractivity contribution in [1.82, 2.24) is 9.78 Å². The fraction of sp³-hybridized carbons (Fsp3) is 0.263. The maximum Gasteiger partial charge on any atom is 0.444 e. The van der Waals surface area contributed by atoms with Gasteiger partial charge in [0.1, 0.15) is 5.82 Å². The Kier molecular flexibility index (Phi) is 6.07. The maximum absolute atomic E-state index is 13.4. The van der Waals surface area contributed by atoms with Crippen LogP contribution in [0.4, 0.5) is 4.39 Å². The maximum atomic E-state index is 13.4. The van der Waals surface area contributed by atoms with Crippen LogP contribution in [0.1, 0.15) is 24.8 Å². The van der Waals surface area contributed by atoms with Gasteiger partial charge in [-0.2, -0.15) is 4.68 Å². The molecule has 5 nitrogen and oxygen atoms in total. The van der Waals surface area contributed by atoms with E-state index < -0.39 is 11.6 Å². The van der Waals surface area contributed by atoms with Crippen LogP contribution in [0.15, 0.2) is 57.7 Å². The lowest BCUT2D eigenvalue weighted by atomic mass is 10.1. The molecule has 0 aliphatic heterocycles. The van der Waals surface area contributed by atoms with Gasteiger partial charge in [-0.25, -0.2) is 9.18 Å². The molecule has 0 spiro atoms. The van der Waals surface area contributed by atoms with Crippen LogP contribution in [-0.2, 0) is 6.42 Å². The van der Waals surface area contributed by atoms with E-state index >= 15 is 0 Å². The van der Waals surface area contributed by atoms with Gasteiger partial charge < -0.3 is 9.15 Å². The first kappa shape index (κ1) is 18.2. The van der Waals surface area contributed by atoms with Crippen molar-refractivity contribution in [2.24, 2.45) is 0 Å². The summed E-state index contributed by atoms with van der Waals surface area (Å²) in [6.07, 6.45) is 3.70. The summed E-state index contributed by atoms with van der Waals surface area (Å²) in [5, 5.41) is 4.10. The highest BCUT2D eigenvalue weighted by Crippen LogP contribution is 2.20. The first-order valence-corrected chi connectivity index (χ1v) is 8.73. The number of halogens is 2. The summed E-state index contributed by atoms with van der Waals surface area (Å²) in [5.41, 5.74) is 1.42. The normalized spacial score (nSPS) is 10.8. The molecule has 0 bridgehead atoms. The molecule has 0 aliphatic carbocycles. The summed E-state index contributed by atoms with van der Waals surface area (Å²) in [4.78, 5) is 11.9. The average Bonchev–Trinajstić information content (AvgIpc) is 3.01. The second kappa shape index (κ2) is 8.67. The van der Waals surface area contributed by atoms with Crippen LogP contribution in [-0.4, -0.2) is 16.4 Å². The van der Waals surface area contributed by atoms with E-state index in [2.05, 4.69) is 17.2 Å². The second-order valence-corrected chi connectivity index (χ2v) is 6.19. The van der Waals surface area contributed by atoms with Crippen LogP contribution < -0.4 is 10.5 Å². The molecule has 7 heteroatoms. The molecule has 0 amide bonds. The molecular formula is C19H18ClFN2O3. The number of hydrogen-bond donors (Lipinski definition) is 0. The molecular weight excluding hydrogens is 359 g/mol. The molecule has 0 atom stereocenters. The van der Waals surface area contributed by atoms with Crippen LogP contribution in [0.2, 0.25) is 5.02 Å². The van der Waals surface area contributed by atoms with E-state index in [1.54, 1.807) is 0 Å². The van der Waals surface area contributed by atoms with Crippen molar-refractivity contribution in [2.45, 2.75) is 25.7 Å². The zero-order valence-electron chi connectivity index (χ0n) is 14.0. The number of benzene rings is 2. The number of unbranched alkanes of at least 4 members (excludes halogenated alkanes) is 2. The molecule has 136 valence electrons. The molecule has 3 aromatic rings. The Morgan fingerprint density at radius 2 is 1.92 bits per heavy atom. The van der Waals surface area contributed by atoms with Crippen LogP contribution in [0.3, 0.4) is 0 Å². The molecule has 0 radical (unpaired) electrons. The summed E-state index contributed by atoms with van der Waals surface area (Å²) in [7, 11) is 0. The number of aryl methyl sites for hydroxylation is 1. The predicted octanol–water partition coefficient (Wildman–Crippen LogP) is 4.41. The standard InChI is InChI=1S/C19H18ClFN2O3/c20-16-11-10-15(21)13-17(16)23-19(24)26-18(22-23)25-12-6-2-5-9-14-7-3-1-4-8-14/h1,3-4,7-8,10-11,13H,2,5-6,9,12H2. The van der Waals surface area contributed by atoms with Crippen molar-refractivity contribution in [2.75, 3.05) is 6.61 Å². The Bertz CT molecular complexity index is 909. The molecule has 1 aromatic heterocycles. The second-order valence-electron chi connectivity index (χ2n) is 5.79. The first-order valence-electron chi connectivity index (χ1n) is 8.36. The third kappa shape index (κ3) is 4.73. The molecule has 0 saturated carbocycles. The van der Waals surface area contributed by atoms with Gasteiger partial charge in [0.05, 0.1) is 17.3 Å². The fourth-order valence-electron chi connectivity index (χ4n) is 2.53. The van der Waals surface area contributed by atoms with Crippen molar-refractivity contribution in [1.29, 1.82) is 0 Å². The van der Waals surface area contributed by atoms with Crippen LogP contribution >= 0.6 is 11.6 Å². The monoisotopic (exact) mass is 376 g/mol. The van der Waals surface area contributed by atoms with Gasteiger partial charge in [-0.05, 0) is 43.4 Å². The summed E-state index contributed by atoms with van der Waals surface area (Å²) in [6, 6.07) is 13.9. The lowest BCUT2D eigenvalue weighted by Gasteiger charge is -2.03. The molecule has 0 saturated heterocycles. The molecule has 0 N–H and O–H groups in total. The minimum atomic E-state index is -0.781. The molecule has 1 heterocycles. The molecule has 0 aliphatic rings. The quantitative estimate of drug-likeness (QED) is 0.546. The lowest BCUT2D eigenvalue weighted by Crippen LogP contribution is -2.14. The smallest absolute Gasteiger partial charge is 0.444 e. The zero-order chi connectivity index (χ0) is 18.4. The molecule has 0 fully saturated rings. The Morgan fingerprint density at radius 1 is 1.12 bits per heavy atom. The minimum absolute atomic E-state index is 0.109. The van der Waals surface area contributed by atoms with Crippen molar-refractivity contribution in [3.63, 3.8) is 0 Å². The summed E-state index contributed by atoms with van der Waals surface area (Å²) in [6.45, 7) is 0.381. The van der Waals surface area contributed by atoms with E-state index in [4.69, 9.17) is 20.8 Å². The molecule has 2 aromatic carbocycles. The number of aromatic nitrogens is 2. The van der Waals surface area contributed by atoms with Gasteiger partial charge in [0, 0.05) is 6.07 Å². The predicted molar refractivity (Wildman–Crippen MR) is 96.6 cm³/mol. The van der Waals surface area contributed by atoms with Gasteiger partial charge in [-0.3, -0.25) is 0 Å². The highest BCUT2D eigenvalue weighted by atomic mass is 35.5. The van der Waals surface area contributed by atoms with E-state index in [1.807, 2.05) is 18.2 Å². The number of ether oxygens (including phenoxy) is 1. The number of hydrogen-bond acceptors (Lipinski definition) is 4. The topological polar surface area (TPSA) is 57.3 Å². The molecule has 26 heavy (non-hydrogen) atoms. The van der Waals surface area contributed by atoms with Gasteiger partial charge in [0.25, 0.3) is 0 Å². The van der Waals surface area contributed by atoms with Gasteiger partial charge in [0.2, 0.25) is 0 Å². The average molecular weight is 377 g/mol. The fourth-order valence-corrected chi connectivity index (χ4v) is 2.73. The lowest BCUT2D eigenvalue weighted by molar-refractivity contribution is 0.219. The van der Waals surface area contributed by atoms with E-state index in [9.17, 15) is 9.18 Å². The zero-order valence-corrected chi connectivity index (χ0v) is 14.8. The number of rotatable bonds is 8.